The van der Waals surface area contributed by atoms with Crippen molar-refractivity contribution in [2.45, 2.75) is 38.5 Å². The number of carbonyl (C=O) groups is 1. The second kappa shape index (κ2) is 5.21. The van der Waals surface area contributed by atoms with Gasteiger partial charge in [-0.3, -0.25) is 4.79 Å². The van der Waals surface area contributed by atoms with Crippen molar-refractivity contribution >= 4 is 5.78 Å². The molecule has 2 rings (SSSR count). The van der Waals surface area contributed by atoms with E-state index < -0.39 is 0 Å². The van der Waals surface area contributed by atoms with Gasteiger partial charge in [0.25, 0.3) is 0 Å². The van der Waals surface area contributed by atoms with E-state index in [1.807, 2.05) is 6.92 Å². The van der Waals surface area contributed by atoms with Gasteiger partial charge in [-0.15, -0.1) is 0 Å². The summed E-state index contributed by atoms with van der Waals surface area (Å²) in [6, 6.07) is 0. The van der Waals surface area contributed by atoms with Crippen molar-refractivity contribution in [3.8, 4) is 0 Å². The molecule has 1 aromatic heterocycles. The van der Waals surface area contributed by atoms with Crippen molar-refractivity contribution in [2.75, 3.05) is 13.2 Å². The molecular formula is C11H16N2O3. The lowest BCUT2D eigenvalue weighted by atomic mass is 10.1. The molecule has 1 aliphatic heterocycles. The van der Waals surface area contributed by atoms with Crippen LogP contribution in [0.5, 0.6) is 0 Å². The molecule has 2 heterocycles. The van der Waals surface area contributed by atoms with Crippen molar-refractivity contribution in [1.29, 1.82) is 0 Å². The Morgan fingerprint density at radius 3 is 3.12 bits per heavy atom. The number of ketones is 1. The van der Waals surface area contributed by atoms with Crippen molar-refractivity contribution < 1.29 is 14.1 Å². The Bertz CT molecular complexity index is 356. The Labute approximate surface area is 94.2 Å². The highest BCUT2D eigenvalue weighted by Crippen LogP contribution is 2.22. The molecule has 16 heavy (non-hydrogen) atoms. The Kier molecular flexibility index (Phi) is 3.66. The number of nitrogens with zero attached hydrogens (tertiary/aromatic N) is 2. The standard InChI is InChI=1S/C11H16N2O3/c1-2-3-9(14)6-10-12-11(13-16-10)8-4-5-15-7-8/h8H,2-7H2,1H3. The first-order chi connectivity index (χ1) is 7.79. The molecule has 0 spiro atoms. The topological polar surface area (TPSA) is 65.2 Å². The third-order valence-corrected chi connectivity index (χ3v) is 2.66. The van der Waals surface area contributed by atoms with E-state index in [4.69, 9.17) is 9.26 Å². The molecule has 1 saturated heterocycles. The third-order valence-electron chi connectivity index (χ3n) is 2.66. The molecule has 0 aromatic carbocycles. The van der Waals surface area contributed by atoms with Gasteiger partial charge in [0.1, 0.15) is 5.78 Å². The first-order valence-electron chi connectivity index (χ1n) is 5.71. The van der Waals surface area contributed by atoms with E-state index in [2.05, 4.69) is 10.1 Å². The minimum absolute atomic E-state index is 0.153. The average Bonchev–Trinajstić information content (AvgIpc) is 2.86. The van der Waals surface area contributed by atoms with Crippen LogP contribution in [0.15, 0.2) is 4.52 Å². The molecule has 1 aromatic rings. The Morgan fingerprint density at radius 2 is 2.44 bits per heavy atom. The number of aromatic nitrogens is 2. The fraction of sp³-hybridized carbons (Fsp3) is 0.727. The molecular weight excluding hydrogens is 208 g/mol. The van der Waals surface area contributed by atoms with Gasteiger partial charge in [0.05, 0.1) is 13.0 Å². The van der Waals surface area contributed by atoms with Crippen LogP contribution in [-0.2, 0) is 16.0 Å². The van der Waals surface area contributed by atoms with E-state index in [9.17, 15) is 4.79 Å². The summed E-state index contributed by atoms with van der Waals surface area (Å²) in [5, 5.41) is 3.89. The molecule has 1 fully saturated rings. The fourth-order valence-corrected chi connectivity index (χ4v) is 1.78. The van der Waals surface area contributed by atoms with Crippen LogP contribution in [0.4, 0.5) is 0 Å². The molecule has 1 atom stereocenters. The van der Waals surface area contributed by atoms with Gasteiger partial charge in [0.15, 0.2) is 5.82 Å². The lowest BCUT2D eigenvalue weighted by molar-refractivity contribution is -0.118. The molecule has 5 nitrogen and oxygen atoms in total. The van der Waals surface area contributed by atoms with Gasteiger partial charge in [-0.2, -0.15) is 4.98 Å². The van der Waals surface area contributed by atoms with E-state index in [0.29, 0.717) is 24.7 Å². The predicted octanol–water partition coefficient (Wildman–Crippen LogP) is 1.49. The monoisotopic (exact) mass is 224 g/mol. The van der Waals surface area contributed by atoms with E-state index >= 15 is 0 Å². The molecule has 0 bridgehead atoms. The maximum Gasteiger partial charge on any atom is 0.234 e. The number of Topliss-reactive ketones (excluding diaryl/α,β-unsaturated/α-hetero) is 1. The number of rotatable bonds is 5. The van der Waals surface area contributed by atoms with E-state index in [1.54, 1.807) is 0 Å². The van der Waals surface area contributed by atoms with Crippen LogP contribution >= 0.6 is 0 Å². The number of carbonyl (C=O) groups excluding carboxylic acids is 1. The Morgan fingerprint density at radius 1 is 1.56 bits per heavy atom. The third kappa shape index (κ3) is 2.66. The highest BCUT2D eigenvalue weighted by molar-refractivity contribution is 5.79. The summed E-state index contributed by atoms with van der Waals surface area (Å²) >= 11 is 0. The van der Waals surface area contributed by atoms with Crippen LogP contribution in [0.2, 0.25) is 0 Å². The van der Waals surface area contributed by atoms with Gasteiger partial charge in [-0.1, -0.05) is 12.1 Å². The van der Waals surface area contributed by atoms with Crippen LogP contribution in [0.25, 0.3) is 0 Å². The summed E-state index contributed by atoms with van der Waals surface area (Å²) in [4.78, 5) is 15.6. The molecule has 0 saturated carbocycles. The summed E-state index contributed by atoms with van der Waals surface area (Å²) < 4.78 is 10.3. The zero-order chi connectivity index (χ0) is 11.4. The summed E-state index contributed by atoms with van der Waals surface area (Å²) in [7, 11) is 0. The SMILES string of the molecule is CCCC(=O)Cc1nc(C2CCOC2)no1. The number of hydrogen-bond donors (Lipinski definition) is 0. The lowest BCUT2D eigenvalue weighted by Gasteiger charge is -1.97. The molecule has 1 aliphatic rings. The summed E-state index contributed by atoms with van der Waals surface area (Å²) in [6.45, 7) is 3.39. The first kappa shape index (κ1) is 11.3. The Balaban J connectivity index is 1.93. The average molecular weight is 224 g/mol. The minimum Gasteiger partial charge on any atom is -0.381 e. The first-order valence-corrected chi connectivity index (χ1v) is 5.71. The zero-order valence-corrected chi connectivity index (χ0v) is 9.44. The van der Waals surface area contributed by atoms with Gasteiger partial charge in [-0.05, 0) is 12.8 Å². The maximum atomic E-state index is 11.4. The van der Waals surface area contributed by atoms with Crippen LogP contribution in [0.1, 0.15) is 43.8 Å². The molecule has 0 amide bonds. The van der Waals surface area contributed by atoms with Crippen molar-refractivity contribution in [2.24, 2.45) is 0 Å². The molecule has 5 heteroatoms. The van der Waals surface area contributed by atoms with Gasteiger partial charge < -0.3 is 9.26 Å². The van der Waals surface area contributed by atoms with Crippen LogP contribution in [0.3, 0.4) is 0 Å². The largest absolute Gasteiger partial charge is 0.381 e. The van der Waals surface area contributed by atoms with Crippen LogP contribution in [-0.4, -0.2) is 29.1 Å². The highest BCUT2D eigenvalue weighted by Gasteiger charge is 2.23. The summed E-state index contributed by atoms with van der Waals surface area (Å²) in [5.41, 5.74) is 0. The molecule has 88 valence electrons. The van der Waals surface area contributed by atoms with Gasteiger partial charge >= 0.3 is 0 Å². The molecule has 0 N–H and O–H groups in total. The number of ether oxygens (including phenoxy) is 1. The van der Waals surface area contributed by atoms with E-state index in [-0.39, 0.29) is 18.1 Å². The minimum atomic E-state index is 0.153. The lowest BCUT2D eigenvalue weighted by Crippen LogP contribution is -2.03. The summed E-state index contributed by atoms with van der Waals surface area (Å²) in [5.74, 6) is 1.50. The van der Waals surface area contributed by atoms with Crippen LogP contribution in [0, 0.1) is 0 Å². The van der Waals surface area contributed by atoms with Crippen molar-refractivity contribution in [3.63, 3.8) is 0 Å². The van der Waals surface area contributed by atoms with Gasteiger partial charge in [0, 0.05) is 18.9 Å². The molecule has 0 radical (unpaired) electrons. The van der Waals surface area contributed by atoms with Gasteiger partial charge in [-0.25, -0.2) is 0 Å². The zero-order valence-electron chi connectivity index (χ0n) is 9.44. The molecule has 0 aliphatic carbocycles. The predicted molar refractivity (Wildman–Crippen MR) is 56.1 cm³/mol. The number of hydrogen-bond acceptors (Lipinski definition) is 5. The normalized spacial score (nSPS) is 20.2. The van der Waals surface area contributed by atoms with Crippen LogP contribution < -0.4 is 0 Å². The highest BCUT2D eigenvalue weighted by atomic mass is 16.5. The molecule has 1 unspecified atom stereocenters. The summed E-state index contributed by atoms with van der Waals surface area (Å²) in [6.07, 6.45) is 2.62. The van der Waals surface area contributed by atoms with Crippen molar-refractivity contribution in [1.82, 2.24) is 10.1 Å². The second-order valence-corrected chi connectivity index (χ2v) is 4.07. The quantitative estimate of drug-likeness (QED) is 0.758. The smallest absolute Gasteiger partial charge is 0.234 e. The Hall–Kier alpha value is -1.23. The maximum absolute atomic E-state index is 11.4. The van der Waals surface area contributed by atoms with E-state index in [1.165, 1.54) is 0 Å². The van der Waals surface area contributed by atoms with Crippen molar-refractivity contribution in [3.05, 3.63) is 11.7 Å². The van der Waals surface area contributed by atoms with Gasteiger partial charge in [0.2, 0.25) is 5.89 Å². The fourth-order valence-electron chi connectivity index (χ4n) is 1.78. The second-order valence-electron chi connectivity index (χ2n) is 4.07. The van der Waals surface area contributed by atoms with E-state index in [0.717, 1.165) is 19.4 Å².